The molecule has 0 spiro atoms. The summed E-state index contributed by atoms with van der Waals surface area (Å²) < 4.78 is 23.0. The molecule has 1 aromatic carbocycles. The fourth-order valence-corrected chi connectivity index (χ4v) is 5.44. The van der Waals surface area contributed by atoms with Gasteiger partial charge in [0.05, 0.1) is 29.4 Å². The molecule has 0 saturated carbocycles. The van der Waals surface area contributed by atoms with Gasteiger partial charge in [0.25, 0.3) is 0 Å². The number of rotatable bonds is 3. The number of carbonyl (C=O) groups excluding carboxylic acids is 1. The molecule has 138 valence electrons. The van der Waals surface area contributed by atoms with Crippen molar-refractivity contribution in [1.82, 2.24) is 20.2 Å². The highest BCUT2D eigenvalue weighted by Gasteiger charge is 2.29. The summed E-state index contributed by atoms with van der Waals surface area (Å²) in [5.74, 6) is 1.27. The zero-order chi connectivity index (χ0) is 18.1. The molecule has 2 N–H and O–H groups in total. The maximum Gasteiger partial charge on any atom is 0.317 e. The van der Waals surface area contributed by atoms with E-state index in [-0.39, 0.29) is 23.5 Å². The van der Waals surface area contributed by atoms with Crippen LogP contribution >= 0.6 is 0 Å². The second-order valence-corrected chi connectivity index (χ2v) is 9.23. The predicted octanol–water partition coefficient (Wildman–Crippen LogP) is 1.58. The van der Waals surface area contributed by atoms with Gasteiger partial charge in [0.1, 0.15) is 5.82 Å². The van der Waals surface area contributed by atoms with Crippen LogP contribution in [0.4, 0.5) is 4.79 Å². The normalized spacial score (nSPS) is 21.4. The van der Waals surface area contributed by atoms with Crippen LogP contribution in [0, 0.1) is 5.92 Å². The highest BCUT2D eigenvalue weighted by atomic mass is 32.2. The molecule has 2 amide bonds. The molecule has 1 aromatic heterocycles. The van der Waals surface area contributed by atoms with Crippen LogP contribution in [-0.4, -0.2) is 53.9 Å². The Morgan fingerprint density at radius 3 is 2.85 bits per heavy atom. The average molecular weight is 374 g/mol. The number of fused-ring (bicyclic) bond motifs is 1. The smallest absolute Gasteiger partial charge is 0.317 e. The lowest BCUT2D eigenvalue weighted by Gasteiger charge is -2.26. The number of hydrogen-bond acceptors (Lipinski definition) is 4. The van der Waals surface area contributed by atoms with Crippen LogP contribution in [0.5, 0.6) is 0 Å². The number of nitrogens with zero attached hydrogens (tertiary/aromatic N) is 2. The minimum absolute atomic E-state index is 0.0288. The molecule has 0 unspecified atom stereocenters. The van der Waals surface area contributed by atoms with Gasteiger partial charge < -0.3 is 15.2 Å². The van der Waals surface area contributed by atoms with Crippen molar-refractivity contribution in [1.29, 1.82) is 0 Å². The fourth-order valence-electron chi connectivity index (χ4n) is 3.58. The summed E-state index contributed by atoms with van der Waals surface area (Å²) in [6, 6.07) is 9.78. The Labute approximate surface area is 152 Å². The standard InChI is InChI=1S/C18H22N4O3S/c23-18(19-10-13-7-9-26(24,25)12-13)22-8-6-15-16(11-22)21-17(20-15)14-4-2-1-3-5-14/h1-5,13H,6-12H2,(H,19,23)(H,20,21)/t13-/m0/s1. The summed E-state index contributed by atoms with van der Waals surface area (Å²) in [4.78, 5) is 22.2. The molecule has 4 rings (SSSR count). The molecule has 2 aliphatic rings. The van der Waals surface area contributed by atoms with Gasteiger partial charge in [-0.1, -0.05) is 30.3 Å². The number of nitrogens with one attached hydrogen (secondary N) is 2. The summed E-state index contributed by atoms with van der Waals surface area (Å²) in [6.07, 6.45) is 1.34. The Kier molecular flexibility index (Phi) is 4.44. The molecule has 0 aliphatic carbocycles. The van der Waals surface area contributed by atoms with Crippen LogP contribution in [0.1, 0.15) is 17.8 Å². The van der Waals surface area contributed by atoms with Crippen molar-refractivity contribution >= 4 is 15.9 Å². The SMILES string of the molecule is O=C(NC[C@@H]1CCS(=O)(=O)C1)N1CCc2nc(-c3ccccc3)[nH]c2C1. The minimum atomic E-state index is -2.91. The summed E-state index contributed by atoms with van der Waals surface area (Å²) in [6.45, 7) is 1.52. The Hall–Kier alpha value is -2.35. The van der Waals surface area contributed by atoms with Crippen LogP contribution in [0.25, 0.3) is 11.4 Å². The van der Waals surface area contributed by atoms with Gasteiger partial charge in [0, 0.05) is 25.1 Å². The Morgan fingerprint density at radius 2 is 2.12 bits per heavy atom. The number of amides is 2. The number of sulfone groups is 1. The molecular weight excluding hydrogens is 352 g/mol. The van der Waals surface area contributed by atoms with Crippen LogP contribution in [-0.2, 0) is 22.8 Å². The molecule has 1 atom stereocenters. The number of aromatic nitrogens is 2. The third-order valence-corrected chi connectivity index (χ3v) is 6.87. The topological polar surface area (TPSA) is 95.2 Å². The van der Waals surface area contributed by atoms with Gasteiger partial charge in [0.15, 0.2) is 9.84 Å². The first-order chi connectivity index (χ1) is 12.5. The van der Waals surface area contributed by atoms with Gasteiger partial charge >= 0.3 is 6.03 Å². The van der Waals surface area contributed by atoms with E-state index >= 15 is 0 Å². The maximum atomic E-state index is 12.4. The van der Waals surface area contributed by atoms with Crippen molar-refractivity contribution in [2.75, 3.05) is 24.6 Å². The molecule has 3 heterocycles. The summed E-state index contributed by atoms with van der Waals surface area (Å²) in [7, 11) is -2.91. The van der Waals surface area contributed by atoms with E-state index < -0.39 is 9.84 Å². The van der Waals surface area contributed by atoms with E-state index in [0.29, 0.717) is 32.5 Å². The van der Waals surface area contributed by atoms with E-state index in [9.17, 15) is 13.2 Å². The van der Waals surface area contributed by atoms with Gasteiger partial charge in [-0.2, -0.15) is 0 Å². The number of urea groups is 1. The van der Waals surface area contributed by atoms with E-state index in [0.717, 1.165) is 22.8 Å². The monoisotopic (exact) mass is 374 g/mol. The van der Waals surface area contributed by atoms with Crippen LogP contribution < -0.4 is 5.32 Å². The van der Waals surface area contributed by atoms with Crippen molar-refractivity contribution in [3.63, 3.8) is 0 Å². The molecule has 7 nitrogen and oxygen atoms in total. The second-order valence-electron chi connectivity index (χ2n) is 7.00. The van der Waals surface area contributed by atoms with Crippen molar-refractivity contribution in [2.24, 2.45) is 5.92 Å². The fraction of sp³-hybridized carbons (Fsp3) is 0.444. The van der Waals surface area contributed by atoms with E-state index in [4.69, 9.17) is 0 Å². The second kappa shape index (κ2) is 6.75. The number of imidazole rings is 1. The van der Waals surface area contributed by atoms with Crippen LogP contribution in [0.15, 0.2) is 30.3 Å². The van der Waals surface area contributed by atoms with Gasteiger partial charge in [-0.15, -0.1) is 0 Å². The molecule has 2 aliphatic heterocycles. The zero-order valence-corrected chi connectivity index (χ0v) is 15.3. The number of aromatic amines is 1. The Bertz CT molecular complexity index is 908. The molecule has 2 aromatic rings. The number of hydrogen-bond donors (Lipinski definition) is 2. The van der Waals surface area contributed by atoms with Gasteiger partial charge in [-0.3, -0.25) is 0 Å². The Balaban J connectivity index is 1.37. The highest BCUT2D eigenvalue weighted by molar-refractivity contribution is 7.91. The molecule has 1 saturated heterocycles. The molecule has 26 heavy (non-hydrogen) atoms. The lowest BCUT2D eigenvalue weighted by atomic mass is 10.1. The average Bonchev–Trinajstić information content (AvgIpc) is 3.22. The van der Waals surface area contributed by atoms with E-state index in [1.807, 2.05) is 30.3 Å². The first-order valence-corrected chi connectivity index (χ1v) is 10.7. The molecular formula is C18H22N4O3S. The van der Waals surface area contributed by atoms with Crippen molar-refractivity contribution in [2.45, 2.75) is 19.4 Å². The molecule has 1 fully saturated rings. The zero-order valence-electron chi connectivity index (χ0n) is 14.4. The lowest BCUT2D eigenvalue weighted by molar-refractivity contribution is 0.190. The third kappa shape index (κ3) is 3.60. The van der Waals surface area contributed by atoms with E-state index in [2.05, 4.69) is 15.3 Å². The van der Waals surface area contributed by atoms with Crippen molar-refractivity contribution in [3.05, 3.63) is 41.7 Å². The van der Waals surface area contributed by atoms with Crippen molar-refractivity contribution in [3.8, 4) is 11.4 Å². The molecule has 0 radical (unpaired) electrons. The summed E-state index contributed by atoms with van der Waals surface area (Å²) in [5.41, 5.74) is 3.00. The van der Waals surface area contributed by atoms with Crippen molar-refractivity contribution < 1.29 is 13.2 Å². The highest BCUT2D eigenvalue weighted by Crippen LogP contribution is 2.23. The largest absolute Gasteiger partial charge is 0.340 e. The van der Waals surface area contributed by atoms with Gasteiger partial charge in [-0.25, -0.2) is 18.2 Å². The quantitative estimate of drug-likeness (QED) is 0.853. The van der Waals surface area contributed by atoms with E-state index in [1.165, 1.54) is 0 Å². The third-order valence-electron chi connectivity index (χ3n) is 5.04. The maximum absolute atomic E-state index is 12.4. The van der Waals surface area contributed by atoms with Crippen LogP contribution in [0.3, 0.4) is 0 Å². The first-order valence-electron chi connectivity index (χ1n) is 8.86. The van der Waals surface area contributed by atoms with Gasteiger partial charge in [0.2, 0.25) is 0 Å². The summed E-state index contributed by atoms with van der Waals surface area (Å²) >= 11 is 0. The molecule has 0 bridgehead atoms. The lowest BCUT2D eigenvalue weighted by Crippen LogP contribution is -2.44. The van der Waals surface area contributed by atoms with Crippen LogP contribution in [0.2, 0.25) is 0 Å². The minimum Gasteiger partial charge on any atom is -0.340 e. The number of carbonyl (C=O) groups is 1. The number of benzene rings is 1. The Morgan fingerprint density at radius 1 is 1.31 bits per heavy atom. The summed E-state index contributed by atoms with van der Waals surface area (Å²) in [5, 5.41) is 2.89. The molecule has 8 heteroatoms. The van der Waals surface area contributed by atoms with E-state index in [1.54, 1.807) is 4.90 Å². The predicted molar refractivity (Wildman–Crippen MR) is 98.3 cm³/mol. The number of H-pyrrole nitrogens is 1. The first kappa shape index (κ1) is 17.1. The van der Waals surface area contributed by atoms with Gasteiger partial charge in [-0.05, 0) is 12.3 Å².